The number of hydrogen-bond donors (Lipinski definition) is 0. The van der Waals surface area contributed by atoms with Gasteiger partial charge in [0.25, 0.3) is 0 Å². The van der Waals surface area contributed by atoms with Crippen molar-refractivity contribution in [2.75, 3.05) is 0 Å². The zero-order valence-electron chi connectivity index (χ0n) is 5.35. The van der Waals surface area contributed by atoms with Gasteiger partial charge in [-0.25, -0.2) is 0 Å². The van der Waals surface area contributed by atoms with Gasteiger partial charge in [0, 0.05) is 48.9 Å². The Kier molecular flexibility index (Phi) is 5.53. The van der Waals surface area contributed by atoms with Crippen molar-refractivity contribution in [3.8, 4) is 0 Å². The summed E-state index contributed by atoms with van der Waals surface area (Å²) in [6.07, 6.45) is 8.92. The largest absolute Gasteiger partial charge is 0.0805 e. The van der Waals surface area contributed by atoms with Crippen LogP contribution in [0.4, 0.5) is 0 Å². The van der Waals surface area contributed by atoms with Gasteiger partial charge in [-0.05, 0) is 12.8 Å². The van der Waals surface area contributed by atoms with Gasteiger partial charge in [0.1, 0.15) is 0 Å². The van der Waals surface area contributed by atoms with Crippen LogP contribution in [0.25, 0.3) is 0 Å². The van der Waals surface area contributed by atoms with E-state index in [1.54, 1.807) is 5.57 Å². The third-order valence-electron chi connectivity index (χ3n) is 1.30. The minimum absolute atomic E-state index is 0. The molecule has 0 aliphatic heterocycles. The maximum absolute atomic E-state index is 2.19. The third kappa shape index (κ3) is 2.56. The van der Waals surface area contributed by atoms with Crippen LogP contribution < -0.4 is 0 Å². The molecule has 0 atom stereocenters. The van der Waals surface area contributed by atoms with Crippen molar-refractivity contribution >= 4 is 48.9 Å². The standard InChI is InChI=1S/C7H10.Ba/c1-2-7-5-3-4-6-7;/h3-5H,2,6H2,1H3;. The van der Waals surface area contributed by atoms with Crippen LogP contribution in [0.1, 0.15) is 19.8 Å². The molecule has 0 heterocycles. The van der Waals surface area contributed by atoms with E-state index in [4.69, 9.17) is 0 Å². The Hall–Kier alpha value is 1.05. The van der Waals surface area contributed by atoms with Gasteiger partial charge in [0.2, 0.25) is 0 Å². The Morgan fingerprint density at radius 3 is 2.62 bits per heavy atom. The molecule has 1 aliphatic rings. The Labute approximate surface area is 91.1 Å². The smallest absolute Gasteiger partial charge is 0 e. The summed E-state index contributed by atoms with van der Waals surface area (Å²) in [5.74, 6) is 0. The van der Waals surface area contributed by atoms with Crippen LogP contribution >= 0.6 is 0 Å². The minimum atomic E-state index is 0. The first-order chi connectivity index (χ1) is 3.43. The van der Waals surface area contributed by atoms with Crippen molar-refractivity contribution in [1.82, 2.24) is 0 Å². The van der Waals surface area contributed by atoms with Gasteiger partial charge in [0.15, 0.2) is 0 Å². The molecule has 0 aromatic heterocycles. The molecule has 40 valence electrons. The normalized spacial score (nSPS) is 15.4. The predicted molar refractivity (Wildman–Crippen MR) is 37.9 cm³/mol. The van der Waals surface area contributed by atoms with E-state index in [2.05, 4.69) is 25.2 Å². The first-order valence-electron chi connectivity index (χ1n) is 2.78. The van der Waals surface area contributed by atoms with Gasteiger partial charge >= 0.3 is 0 Å². The summed E-state index contributed by atoms with van der Waals surface area (Å²) in [6.45, 7) is 2.19. The summed E-state index contributed by atoms with van der Waals surface area (Å²) in [4.78, 5) is 0. The monoisotopic (exact) mass is 232 g/mol. The van der Waals surface area contributed by atoms with Crippen LogP contribution in [0.3, 0.4) is 0 Å². The van der Waals surface area contributed by atoms with Crippen LogP contribution in [0.2, 0.25) is 0 Å². The molecule has 0 aromatic carbocycles. The second-order valence-electron chi connectivity index (χ2n) is 1.81. The summed E-state index contributed by atoms with van der Waals surface area (Å²) in [6, 6.07) is 0. The minimum Gasteiger partial charge on any atom is -0.0805 e. The van der Waals surface area contributed by atoms with Crippen molar-refractivity contribution in [3.63, 3.8) is 0 Å². The van der Waals surface area contributed by atoms with E-state index in [1.165, 1.54) is 12.8 Å². The average molecular weight is 231 g/mol. The molecule has 0 N–H and O–H groups in total. The van der Waals surface area contributed by atoms with E-state index in [0.717, 1.165) is 0 Å². The summed E-state index contributed by atoms with van der Waals surface area (Å²) >= 11 is 0. The van der Waals surface area contributed by atoms with Crippen LogP contribution in [-0.4, -0.2) is 48.9 Å². The van der Waals surface area contributed by atoms with E-state index < -0.39 is 0 Å². The molecular formula is C7H10Ba. The fraction of sp³-hybridized carbons (Fsp3) is 0.429. The molecule has 0 saturated carbocycles. The molecule has 0 nitrogen and oxygen atoms in total. The van der Waals surface area contributed by atoms with Crippen LogP contribution in [0.15, 0.2) is 23.8 Å². The molecule has 8 heavy (non-hydrogen) atoms. The van der Waals surface area contributed by atoms with Crippen molar-refractivity contribution in [2.24, 2.45) is 0 Å². The molecule has 0 unspecified atom stereocenters. The zero-order valence-corrected chi connectivity index (χ0v) is 9.79. The van der Waals surface area contributed by atoms with E-state index >= 15 is 0 Å². The predicted octanol–water partition coefficient (Wildman–Crippen LogP) is 1.90. The number of allylic oxidation sites excluding steroid dienone is 4. The number of hydrogen-bond acceptors (Lipinski definition) is 0. The first kappa shape index (κ1) is 9.05. The van der Waals surface area contributed by atoms with Crippen LogP contribution in [-0.2, 0) is 0 Å². The Bertz CT molecular complexity index is 112. The van der Waals surface area contributed by atoms with Gasteiger partial charge in [-0.3, -0.25) is 0 Å². The molecule has 0 fully saturated rings. The van der Waals surface area contributed by atoms with E-state index in [9.17, 15) is 0 Å². The van der Waals surface area contributed by atoms with Gasteiger partial charge in [-0.1, -0.05) is 30.7 Å². The topological polar surface area (TPSA) is 0 Å². The Morgan fingerprint density at radius 1 is 1.62 bits per heavy atom. The summed E-state index contributed by atoms with van der Waals surface area (Å²) in [5, 5.41) is 0. The van der Waals surface area contributed by atoms with Gasteiger partial charge in [-0.2, -0.15) is 0 Å². The SMILES string of the molecule is CCC1=CC=CC1.[Ba]. The van der Waals surface area contributed by atoms with E-state index in [0.29, 0.717) is 0 Å². The molecule has 0 amide bonds. The van der Waals surface area contributed by atoms with Crippen molar-refractivity contribution in [2.45, 2.75) is 19.8 Å². The van der Waals surface area contributed by atoms with Crippen LogP contribution in [0.5, 0.6) is 0 Å². The second-order valence-corrected chi connectivity index (χ2v) is 1.81. The number of rotatable bonds is 1. The molecule has 1 aliphatic carbocycles. The summed E-state index contributed by atoms with van der Waals surface area (Å²) in [5.41, 5.74) is 1.56. The van der Waals surface area contributed by atoms with E-state index in [1.807, 2.05) is 0 Å². The average Bonchev–Trinajstić information content (AvgIpc) is 2.14. The molecule has 0 aromatic rings. The van der Waals surface area contributed by atoms with Crippen molar-refractivity contribution in [1.29, 1.82) is 0 Å². The van der Waals surface area contributed by atoms with Gasteiger partial charge in [0.05, 0.1) is 0 Å². The molecule has 0 bridgehead atoms. The fourth-order valence-corrected chi connectivity index (χ4v) is 0.754. The van der Waals surface area contributed by atoms with Gasteiger partial charge < -0.3 is 0 Å². The van der Waals surface area contributed by atoms with Gasteiger partial charge in [-0.15, -0.1) is 0 Å². The summed E-state index contributed by atoms with van der Waals surface area (Å²) in [7, 11) is 0. The van der Waals surface area contributed by atoms with Crippen LogP contribution in [0, 0.1) is 0 Å². The first-order valence-corrected chi connectivity index (χ1v) is 2.78. The molecule has 2 radical (unpaired) electrons. The zero-order chi connectivity index (χ0) is 5.11. The maximum Gasteiger partial charge on any atom is 0 e. The van der Waals surface area contributed by atoms with Crippen molar-refractivity contribution < 1.29 is 0 Å². The fourth-order valence-electron chi connectivity index (χ4n) is 0.754. The molecule has 1 heteroatoms. The molecular weight excluding hydrogens is 221 g/mol. The quantitative estimate of drug-likeness (QED) is 0.605. The molecule has 0 spiro atoms. The Balaban J connectivity index is 0.000000490. The summed E-state index contributed by atoms with van der Waals surface area (Å²) < 4.78 is 0. The molecule has 1 rings (SSSR count). The second kappa shape index (κ2) is 4.89. The van der Waals surface area contributed by atoms with Crippen molar-refractivity contribution in [3.05, 3.63) is 23.8 Å². The van der Waals surface area contributed by atoms with E-state index in [-0.39, 0.29) is 48.9 Å². The molecule has 0 saturated heterocycles. The maximum atomic E-state index is 2.19. The third-order valence-corrected chi connectivity index (χ3v) is 1.30. The Morgan fingerprint density at radius 2 is 2.38 bits per heavy atom.